The normalized spacial score (nSPS) is 18.4. The van der Waals surface area contributed by atoms with E-state index in [0.29, 0.717) is 31.4 Å². The van der Waals surface area contributed by atoms with Crippen LogP contribution in [-0.4, -0.2) is 47.2 Å². The van der Waals surface area contributed by atoms with Crippen molar-refractivity contribution in [3.63, 3.8) is 0 Å². The van der Waals surface area contributed by atoms with Crippen LogP contribution in [0, 0.1) is 5.92 Å². The van der Waals surface area contributed by atoms with Crippen molar-refractivity contribution in [1.29, 1.82) is 0 Å². The van der Waals surface area contributed by atoms with Crippen LogP contribution in [0.5, 0.6) is 0 Å². The van der Waals surface area contributed by atoms with Gasteiger partial charge in [0.15, 0.2) is 5.82 Å². The van der Waals surface area contributed by atoms with Gasteiger partial charge in [-0.1, -0.05) is 32.0 Å². The monoisotopic (exact) mass is 314 g/mol. The molecule has 6 nitrogen and oxygen atoms in total. The number of fused-ring (bicyclic) bond motifs is 1. The van der Waals surface area contributed by atoms with Crippen molar-refractivity contribution in [3.8, 4) is 11.4 Å². The number of piperazine rings is 1. The second kappa shape index (κ2) is 6.91. The number of ether oxygens (including phenoxy) is 1. The molecule has 0 aromatic heterocycles. The number of nitrogens with one attached hydrogen (secondary N) is 1. The van der Waals surface area contributed by atoms with Gasteiger partial charge in [-0.25, -0.2) is 14.8 Å². The molecule has 2 aliphatic heterocycles. The summed E-state index contributed by atoms with van der Waals surface area (Å²) < 4.78 is 5.39. The van der Waals surface area contributed by atoms with E-state index in [4.69, 9.17) is 4.74 Å². The fourth-order valence-electron chi connectivity index (χ4n) is 2.61. The zero-order valence-electron chi connectivity index (χ0n) is 13.5. The molecule has 1 N–H and O–H groups in total. The predicted octanol–water partition coefficient (Wildman–Crippen LogP) is 2.32. The fourth-order valence-corrected chi connectivity index (χ4v) is 2.61. The number of rotatable bonds is 3. The highest BCUT2D eigenvalue weighted by Gasteiger charge is 2.32. The number of hydrogen-bond donors (Lipinski definition) is 1. The van der Waals surface area contributed by atoms with E-state index in [0.717, 1.165) is 17.9 Å². The standard InChI is InChI=1S/C17H22N4O2/c1-12(2)11-23-17(22)21-9-8-18-10-15(21)16-19-13-6-4-3-5-7-14(13)20-16/h3-7,12,15,18H,8-11H2,1-2H3. The Labute approximate surface area is 136 Å². The van der Waals surface area contributed by atoms with Crippen molar-refractivity contribution < 1.29 is 9.53 Å². The van der Waals surface area contributed by atoms with E-state index in [2.05, 4.69) is 15.3 Å². The molecule has 23 heavy (non-hydrogen) atoms. The summed E-state index contributed by atoms with van der Waals surface area (Å²) in [5, 5.41) is 3.30. The molecule has 0 spiro atoms. The van der Waals surface area contributed by atoms with Crippen LogP contribution in [0.25, 0.3) is 11.4 Å². The lowest BCUT2D eigenvalue weighted by Gasteiger charge is -2.33. The molecule has 122 valence electrons. The number of hydrogen-bond acceptors (Lipinski definition) is 5. The largest absolute Gasteiger partial charge is 0.449 e. The lowest BCUT2D eigenvalue weighted by molar-refractivity contribution is 0.0676. The fraction of sp³-hybridized carbons (Fsp3) is 0.471. The summed E-state index contributed by atoms with van der Waals surface area (Å²) in [7, 11) is 0. The van der Waals surface area contributed by atoms with Crippen LogP contribution in [0.3, 0.4) is 0 Å². The van der Waals surface area contributed by atoms with Crippen LogP contribution in [0.15, 0.2) is 30.3 Å². The third-order valence-electron chi connectivity index (χ3n) is 3.78. The lowest BCUT2D eigenvalue weighted by atomic mass is 10.2. The molecule has 0 saturated carbocycles. The molecule has 1 amide bonds. The van der Waals surface area contributed by atoms with Gasteiger partial charge in [-0.2, -0.15) is 0 Å². The van der Waals surface area contributed by atoms with Gasteiger partial charge in [0.1, 0.15) is 6.04 Å². The van der Waals surface area contributed by atoms with Crippen molar-refractivity contribution in [2.75, 3.05) is 26.2 Å². The highest BCUT2D eigenvalue weighted by atomic mass is 16.6. The van der Waals surface area contributed by atoms with E-state index < -0.39 is 0 Å². The first-order valence-corrected chi connectivity index (χ1v) is 8.02. The van der Waals surface area contributed by atoms with Gasteiger partial charge in [0.05, 0.1) is 18.0 Å². The highest BCUT2D eigenvalue weighted by molar-refractivity contribution is 5.68. The van der Waals surface area contributed by atoms with E-state index in [9.17, 15) is 4.79 Å². The van der Waals surface area contributed by atoms with Gasteiger partial charge in [-0.05, 0) is 18.1 Å². The van der Waals surface area contributed by atoms with E-state index >= 15 is 0 Å². The Balaban J connectivity index is 1.83. The second-order valence-electron chi connectivity index (χ2n) is 6.15. The summed E-state index contributed by atoms with van der Waals surface area (Å²) in [6.07, 6.45) is -0.287. The zero-order chi connectivity index (χ0) is 16.2. The maximum absolute atomic E-state index is 12.4. The van der Waals surface area contributed by atoms with Gasteiger partial charge < -0.3 is 10.1 Å². The van der Waals surface area contributed by atoms with E-state index in [1.54, 1.807) is 4.90 Å². The van der Waals surface area contributed by atoms with Gasteiger partial charge in [0, 0.05) is 19.6 Å². The Morgan fingerprint density at radius 2 is 2.00 bits per heavy atom. The average molecular weight is 314 g/mol. The van der Waals surface area contributed by atoms with Crippen LogP contribution in [0.2, 0.25) is 0 Å². The predicted molar refractivity (Wildman–Crippen MR) is 87.2 cm³/mol. The van der Waals surface area contributed by atoms with Gasteiger partial charge in [0.25, 0.3) is 0 Å². The Morgan fingerprint density at radius 1 is 1.30 bits per heavy atom. The number of amides is 1. The molecule has 0 bridgehead atoms. The Hall–Kier alpha value is -2.21. The van der Waals surface area contributed by atoms with Crippen LogP contribution in [0.1, 0.15) is 25.7 Å². The average Bonchev–Trinajstić information content (AvgIpc) is 2.83. The summed E-state index contributed by atoms with van der Waals surface area (Å²) in [6.45, 7) is 6.46. The first-order chi connectivity index (χ1) is 11.1. The Morgan fingerprint density at radius 3 is 2.65 bits per heavy atom. The Bertz CT molecular complexity index is 616. The molecule has 0 aromatic rings. The van der Waals surface area contributed by atoms with Crippen molar-refractivity contribution >= 4 is 6.09 Å². The molecule has 2 heterocycles. The number of carbonyl (C=O) groups is 1. The molecular weight excluding hydrogens is 292 g/mol. The quantitative estimate of drug-likeness (QED) is 0.941. The van der Waals surface area contributed by atoms with Crippen LogP contribution < -0.4 is 5.32 Å². The molecule has 1 saturated heterocycles. The molecule has 0 radical (unpaired) electrons. The highest BCUT2D eigenvalue weighted by Crippen LogP contribution is 2.25. The minimum atomic E-state index is -0.287. The van der Waals surface area contributed by atoms with E-state index in [-0.39, 0.29) is 12.1 Å². The molecule has 1 atom stereocenters. The lowest BCUT2D eigenvalue weighted by Crippen LogP contribution is -2.49. The molecule has 1 unspecified atom stereocenters. The van der Waals surface area contributed by atoms with Gasteiger partial charge >= 0.3 is 6.09 Å². The summed E-state index contributed by atoms with van der Waals surface area (Å²) in [5.41, 5.74) is 1.68. The summed E-state index contributed by atoms with van der Waals surface area (Å²) in [6, 6.07) is 9.50. The van der Waals surface area contributed by atoms with Gasteiger partial charge in [-0.15, -0.1) is 0 Å². The molecule has 6 heteroatoms. The van der Waals surface area contributed by atoms with E-state index in [1.807, 2.05) is 44.2 Å². The number of nitrogens with zero attached hydrogens (tertiary/aromatic N) is 3. The summed E-state index contributed by atoms with van der Waals surface area (Å²) in [4.78, 5) is 23.3. The molecule has 3 aliphatic rings. The third kappa shape index (κ3) is 3.59. The van der Waals surface area contributed by atoms with Crippen molar-refractivity contribution in [2.24, 2.45) is 5.92 Å². The van der Waals surface area contributed by atoms with Crippen LogP contribution in [0.4, 0.5) is 4.79 Å². The molecule has 1 aliphatic carbocycles. The minimum Gasteiger partial charge on any atom is -0.449 e. The molecule has 1 fully saturated rings. The summed E-state index contributed by atoms with van der Waals surface area (Å²) >= 11 is 0. The topological polar surface area (TPSA) is 67.3 Å². The maximum atomic E-state index is 12.4. The van der Waals surface area contributed by atoms with E-state index in [1.165, 1.54) is 0 Å². The number of imidazole rings is 1. The zero-order valence-corrected chi connectivity index (χ0v) is 13.5. The molecule has 3 rings (SSSR count). The molecule has 0 aromatic carbocycles. The number of carbonyl (C=O) groups excluding carboxylic acids is 1. The van der Waals surface area contributed by atoms with Crippen LogP contribution in [-0.2, 0) is 4.74 Å². The maximum Gasteiger partial charge on any atom is 0.410 e. The van der Waals surface area contributed by atoms with Crippen molar-refractivity contribution in [1.82, 2.24) is 20.2 Å². The SMILES string of the molecule is CC(C)COC(=O)N1CCNCC1c1nc2cccccc-2n1. The first kappa shape index (κ1) is 15.7. The Kier molecular flexibility index (Phi) is 4.71. The van der Waals surface area contributed by atoms with Gasteiger partial charge in [0.2, 0.25) is 0 Å². The smallest absolute Gasteiger partial charge is 0.410 e. The van der Waals surface area contributed by atoms with Gasteiger partial charge in [-0.3, -0.25) is 4.90 Å². The van der Waals surface area contributed by atoms with Crippen molar-refractivity contribution in [2.45, 2.75) is 19.9 Å². The van der Waals surface area contributed by atoms with Crippen LogP contribution >= 0.6 is 0 Å². The summed E-state index contributed by atoms with van der Waals surface area (Å²) in [5.74, 6) is 0.984. The second-order valence-corrected chi connectivity index (χ2v) is 6.15. The minimum absolute atomic E-state index is 0.193. The first-order valence-electron chi connectivity index (χ1n) is 8.02. The third-order valence-corrected chi connectivity index (χ3v) is 3.78. The number of aromatic nitrogens is 2. The molecular formula is C17H22N4O2. The van der Waals surface area contributed by atoms with Crippen molar-refractivity contribution in [3.05, 3.63) is 36.2 Å².